The van der Waals surface area contributed by atoms with Gasteiger partial charge in [0.15, 0.2) is 12.3 Å². The average Bonchev–Trinajstić information content (AvgIpc) is 3.11. The number of hydrogen-bond donors (Lipinski definition) is 1. The summed E-state index contributed by atoms with van der Waals surface area (Å²) in [6, 6.07) is 8.64. The molecule has 0 aliphatic carbocycles. The van der Waals surface area contributed by atoms with Crippen LogP contribution in [0.2, 0.25) is 5.02 Å². The molecule has 29 heavy (non-hydrogen) atoms. The first-order chi connectivity index (χ1) is 13.8. The monoisotopic (exact) mass is 414 g/mol. The van der Waals surface area contributed by atoms with E-state index in [0.717, 1.165) is 5.69 Å². The number of benzene rings is 1. The van der Waals surface area contributed by atoms with Crippen molar-refractivity contribution in [2.24, 2.45) is 0 Å². The van der Waals surface area contributed by atoms with Crippen molar-refractivity contribution in [1.82, 2.24) is 14.8 Å². The SMILES string of the molecule is CC(C)c1cc(C(=O)OCC(=O)Nc2ccccc2Cl)c2cnn(C(C)C)c2n1. The first kappa shape index (κ1) is 20.8. The van der Waals surface area contributed by atoms with Crippen molar-refractivity contribution in [3.63, 3.8) is 0 Å². The lowest BCUT2D eigenvalue weighted by atomic mass is 10.1. The summed E-state index contributed by atoms with van der Waals surface area (Å²) < 4.78 is 7.02. The minimum Gasteiger partial charge on any atom is -0.452 e. The van der Waals surface area contributed by atoms with Gasteiger partial charge >= 0.3 is 5.97 Å². The van der Waals surface area contributed by atoms with Crippen LogP contribution in [0.15, 0.2) is 36.5 Å². The van der Waals surface area contributed by atoms with Gasteiger partial charge in [0.2, 0.25) is 0 Å². The summed E-state index contributed by atoms with van der Waals surface area (Å²) in [5.41, 5.74) is 2.18. The number of para-hydroxylation sites is 1. The normalized spacial score (nSPS) is 11.3. The van der Waals surface area contributed by atoms with Crippen LogP contribution in [-0.4, -0.2) is 33.2 Å². The minimum absolute atomic E-state index is 0.0904. The molecule has 7 nitrogen and oxygen atoms in total. The van der Waals surface area contributed by atoms with Crippen LogP contribution in [0.1, 0.15) is 55.7 Å². The van der Waals surface area contributed by atoms with Crippen molar-refractivity contribution in [2.45, 2.75) is 39.7 Å². The predicted molar refractivity (Wildman–Crippen MR) is 112 cm³/mol. The van der Waals surface area contributed by atoms with Crippen LogP contribution in [0, 0.1) is 0 Å². The number of ether oxygens (including phenoxy) is 1. The number of amides is 1. The first-order valence-corrected chi connectivity index (χ1v) is 9.75. The highest BCUT2D eigenvalue weighted by molar-refractivity contribution is 6.33. The van der Waals surface area contributed by atoms with E-state index in [1.54, 1.807) is 41.2 Å². The molecule has 1 N–H and O–H groups in total. The van der Waals surface area contributed by atoms with Gasteiger partial charge in [-0.1, -0.05) is 37.6 Å². The number of carbonyl (C=O) groups excluding carboxylic acids is 2. The number of pyridine rings is 1. The second-order valence-corrected chi connectivity index (χ2v) is 7.68. The Labute approximate surface area is 174 Å². The third-order valence-electron chi connectivity index (χ3n) is 4.37. The van der Waals surface area contributed by atoms with Gasteiger partial charge in [-0.25, -0.2) is 14.5 Å². The molecule has 0 radical (unpaired) electrons. The molecule has 0 saturated carbocycles. The van der Waals surface area contributed by atoms with Gasteiger partial charge in [0, 0.05) is 11.7 Å². The number of nitrogens with one attached hydrogen (secondary N) is 1. The smallest absolute Gasteiger partial charge is 0.339 e. The molecule has 0 unspecified atom stereocenters. The highest BCUT2D eigenvalue weighted by Crippen LogP contribution is 2.25. The van der Waals surface area contributed by atoms with Crippen LogP contribution in [0.3, 0.4) is 0 Å². The molecular formula is C21H23ClN4O3. The molecule has 0 aliphatic heterocycles. The summed E-state index contributed by atoms with van der Waals surface area (Å²) >= 11 is 6.03. The summed E-state index contributed by atoms with van der Waals surface area (Å²) in [5, 5.41) is 7.98. The fraction of sp³-hybridized carbons (Fsp3) is 0.333. The molecule has 0 saturated heterocycles. The fourth-order valence-corrected chi connectivity index (χ4v) is 3.02. The number of hydrogen-bond acceptors (Lipinski definition) is 5. The van der Waals surface area contributed by atoms with Gasteiger partial charge in [0.05, 0.1) is 27.9 Å². The number of rotatable bonds is 6. The summed E-state index contributed by atoms with van der Waals surface area (Å²) in [6.07, 6.45) is 1.60. The maximum absolute atomic E-state index is 12.7. The van der Waals surface area contributed by atoms with Gasteiger partial charge in [-0.15, -0.1) is 0 Å². The van der Waals surface area contributed by atoms with E-state index >= 15 is 0 Å². The molecule has 1 amide bonds. The molecular weight excluding hydrogens is 392 g/mol. The molecule has 0 spiro atoms. The number of carbonyl (C=O) groups is 2. The van der Waals surface area contributed by atoms with Crippen LogP contribution in [-0.2, 0) is 9.53 Å². The highest BCUT2D eigenvalue weighted by atomic mass is 35.5. The third-order valence-corrected chi connectivity index (χ3v) is 4.70. The van der Waals surface area contributed by atoms with E-state index in [-0.39, 0.29) is 12.0 Å². The van der Waals surface area contributed by atoms with Crippen molar-refractivity contribution in [3.8, 4) is 0 Å². The number of nitrogens with zero attached hydrogens (tertiary/aromatic N) is 3. The van der Waals surface area contributed by atoms with Gasteiger partial charge in [0.25, 0.3) is 5.91 Å². The molecule has 152 valence electrons. The summed E-state index contributed by atoms with van der Waals surface area (Å²) in [6.45, 7) is 7.55. The minimum atomic E-state index is -0.600. The molecule has 2 aromatic heterocycles. The number of halogens is 1. The first-order valence-electron chi connectivity index (χ1n) is 9.37. The lowest BCUT2D eigenvalue weighted by Crippen LogP contribution is -2.21. The molecule has 0 atom stereocenters. The van der Waals surface area contributed by atoms with Gasteiger partial charge in [0.1, 0.15) is 0 Å². The molecule has 0 aliphatic rings. The lowest BCUT2D eigenvalue weighted by Gasteiger charge is -2.12. The Morgan fingerprint density at radius 2 is 1.93 bits per heavy atom. The average molecular weight is 415 g/mol. The number of fused-ring (bicyclic) bond motifs is 1. The molecule has 3 rings (SSSR count). The lowest BCUT2D eigenvalue weighted by molar-refractivity contribution is -0.119. The number of aromatic nitrogens is 3. The summed E-state index contributed by atoms with van der Waals surface area (Å²) in [4.78, 5) is 29.6. The topological polar surface area (TPSA) is 86.1 Å². The maximum Gasteiger partial charge on any atom is 0.339 e. The second kappa shape index (κ2) is 8.61. The Morgan fingerprint density at radius 3 is 2.59 bits per heavy atom. The molecule has 8 heteroatoms. The molecule has 3 aromatic rings. The summed E-state index contributed by atoms with van der Waals surface area (Å²) in [5.74, 6) is -0.958. The fourth-order valence-electron chi connectivity index (χ4n) is 2.84. The zero-order chi connectivity index (χ0) is 21.1. The van der Waals surface area contributed by atoms with Gasteiger partial charge in [-0.3, -0.25) is 4.79 Å². The van der Waals surface area contributed by atoms with Crippen LogP contribution in [0.25, 0.3) is 11.0 Å². The highest BCUT2D eigenvalue weighted by Gasteiger charge is 2.20. The molecule has 0 fully saturated rings. The van der Waals surface area contributed by atoms with Gasteiger partial charge in [-0.05, 0) is 38.0 Å². The standard InChI is InChI=1S/C21H23ClN4O3/c1-12(2)18-9-14(15-10-23-26(13(3)4)20(15)25-18)21(28)29-11-19(27)24-17-8-6-5-7-16(17)22/h5-10,12-13H,11H2,1-4H3,(H,24,27). The van der Waals surface area contributed by atoms with Crippen LogP contribution in [0.5, 0.6) is 0 Å². The van der Waals surface area contributed by atoms with Crippen molar-refractivity contribution in [1.29, 1.82) is 0 Å². The van der Waals surface area contributed by atoms with Crippen molar-refractivity contribution in [2.75, 3.05) is 11.9 Å². The van der Waals surface area contributed by atoms with E-state index in [9.17, 15) is 9.59 Å². The zero-order valence-electron chi connectivity index (χ0n) is 16.8. The van der Waals surface area contributed by atoms with Crippen molar-refractivity contribution < 1.29 is 14.3 Å². The second-order valence-electron chi connectivity index (χ2n) is 7.27. The Morgan fingerprint density at radius 1 is 1.21 bits per heavy atom. The summed E-state index contributed by atoms with van der Waals surface area (Å²) in [7, 11) is 0. The molecule has 0 bridgehead atoms. The van der Waals surface area contributed by atoms with Gasteiger partial charge < -0.3 is 10.1 Å². The van der Waals surface area contributed by atoms with E-state index in [2.05, 4.69) is 15.4 Å². The van der Waals surface area contributed by atoms with E-state index < -0.39 is 18.5 Å². The quantitative estimate of drug-likeness (QED) is 0.596. The molecule has 1 aromatic carbocycles. The van der Waals surface area contributed by atoms with Crippen LogP contribution in [0.4, 0.5) is 5.69 Å². The van der Waals surface area contributed by atoms with Crippen molar-refractivity contribution >= 4 is 40.2 Å². The van der Waals surface area contributed by atoms with E-state index in [1.807, 2.05) is 27.7 Å². The largest absolute Gasteiger partial charge is 0.452 e. The number of esters is 1. The van der Waals surface area contributed by atoms with E-state index in [1.165, 1.54) is 0 Å². The van der Waals surface area contributed by atoms with Crippen molar-refractivity contribution in [3.05, 3.63) is 52.8 Å². The van der Waals surface area contributed by atoms with Gasteiger partial charge in [-0.2, -0.15) is 5.10 Å². The Balaban J connectivity index is 1.81. The van der Waals surface area contributed by atoms with Crippen LogP contribution >= 0.6 is 11.6 Å². The van der Waals surface area contributed by atoms with Crippen LogP contribution < -0.4 is 5.32 Å². The Kier molecular flexibility index (Phi) is 6.17. The maximum atomic E-state index is 12.7. The van der Waals surface area contributed by atoms with E-state index in [0.29, 0.717) is 27.3 Å². The predicted octanol–water partition coefficient (Wildman–Crippen LogP) is 4.58. The molecule has 2 heterocycles. The zero-order valence-corrected chi connectivity index (χ0v) is 17.5. The Hall–Kier alpha value is -2.93. The third kappa shape index (κ3) is 4.56. The Bertz CT molecular complexity index is 1060. The number of anilines is 1. The van der Waals surface area contributed by atoms with E-state index in [4.69, 9.17) is 16.3 Å².